The second kappa shape index (κ2) is 11.6. The van der Waals surface area contributed by atoms with Crippen molar-refractivity contribution in [3.8, 4) is 5.75 Å². The van der Waals surface area contributed by atoms with Gasteiger partial charge >= 0.3 is 5.97 Å². The number of nitrogens with one attached hydrogen (secondary N) is 1. The molecule has 0 aliphatic carbocycles. The monoisotopic (exact) mass is 378 g/mol. The molecule has 0 aliphatic rings. The average molecular weight is 379 g/mol. The van der Waals surface area contributed by atoms with E-state index in [1.54, 1.807) is 0 Å². The van der Waals surface area contributed by atoms with Crippen LogP contribution in [0.25, 0.3) is 0 Å². The van der Waals surface area contributed by atoms with Gasteiger partial charge in [0.2, 0.25) is 0 Å². The zero-order valence-electron chi connectivity index (χ0n) is 17.6. The van der Waals surface area contributed by atoms with E-state index in [0.717, 1.165) is 37.2 Å². The third-order valence-corrected chi connectivity index (χ3v) is 4.61. The van der Waals surface area contributed by atoms with Crippen molar-refractivity contribution in [2.24, 2.45) is 0 Å². The Morgan fingerprint density at radius 1 is 1.19 bits per heavy atom. The number of hydrogen-bond acceptors (Lipinski definition) is 5. The van der Waals surface area contributed by atoms with Crippen molar-refractivity contribution in [2.45, 2.75) is 47.0 Å². The Kier molecular flexibility index (Phi) is 9.86. The first kappa shape index (κ1) is 23.0. The van der Waals surface area contributed by atoms with Gasteiger partial charge in [0.05, 0.1) is 7.11 Å². The maximum atomic E-state index is 12.3. The van der Waals surface area contributed by atoms with Crippen molar-refractivity contribution in [3.05, 3.63) is 28.8 Å². The number of methoxy groups -OCH3 is 1. The third-order valence-electron chi connectivity index (χ3n) is 4.61. The molecule has 0 fully saturated rings. The van der Waals surface area contributed by atoms with E-state index in [1.165, 1.54) is 7.11 Å². The van der Waals surface area contributed by atoms with E-state index in [0.29, 0.717) is 17.9 Å². The SMILES string of the molecule is CCN(CC)CCCNC(=O)COc1c(C)ccc(C(C)C)c1C(=O)OC. The van der Waals surface area contributed by atoms with Crippen LogP contribution in [0, 0.1) is 6.92 Å². The highest BCUT2D eigenvalue weighted by molar-refractivity contribution is 5.95. The van der Waals surface area contributed by atoms with Crippen LogP contribution in [-0.4, -0.2) is 56.7 Å². The van der Waals surface area contributed by atoms with Gasteiger partial charge in [0.15, 0.2) is 6.61 Å². The molecule has 1 aromatic rings. The predicted molar refractivity (Wildman–Crippen MR) is 108 cm³/mol. The highest BCUT2D eigenvalue weighted by Gasteiger charge is 2.22. The molecule has 1 rings (SSSR count). The number of ether oxygens (including phenoxy) is 2. The third kappa shape index (κ3) is 6.86. The van der Waals surface area contributed by atoms with Gasteiger partial charge in [-0.2, -0.15) is 0 Å². The summed E-state index contributed by atoms with van der Waals surface area (Å²) in [4.78, 5) is 26.7. The van der Waals surface area contributed by atoms with Gasteiger partial charge in [-0.3, -0.25) is 4.79 Å². The number of rotatable bonds is 11. The van der Waals surface area contributed by atoms with Gasteiger partial charge in [-0.05, 0) is 50.0 Å². The van der Waals surface area contributed by atoms with E-state index in [4.69, 9.17) is 9.47 Å². The molecule has 0 aromatic heterocycles. The van der Waals surface area contributed by atoms with Crippen molar-refractivity contribution in [1.82, 2.24) is 10.2 Å². The van der Waals surface area contributed by atoms with Gasteiger partial charge in [0, 0.05) is 6.54 Å². The molecule has 0 aliphatic heterocycles. The Bertz CT molecular complexity index is 625. The highest BCUT2D eigenvalue weighted by atomic mass is 16.5. The molecule has 6 nitrogen and oxygen atoms in total. The van der Waals surface area contributed by atoms with Gasteiger partial charge in [0.1, 0.15) is 11.3 Å². The smallest absolute Gasteiger partial charge is 0.341 e. The molecule has 0 unspecified atom stereocenters. The molecule has 1 amide bonds. The van der Waals surface area contributed by atoms with Gasteiger partial charge in [0.25, 0.3) is 5.91 Å². The Morgan fingerprint density at radius 2 is 1.85 bits per heavy atom. The molecule has 27 heavy (non-hydrogen) atoms. The first-order chi connectivity index (χ1) is 12.8. The average Bonchev–Trinajstić information content (AvgIpc) is 2.65. The van der Waals surface area contributed by atoms with Crippen LogP contribution in [0.1, 0.15) is 61.5 Å². The Balaban J connectivity index is 2.72. The van der Waals surface area contributed by atoms with E-state index in [2.05, 4.69) is 24.1 Å². The van der Waals surface area contributed by atoms with Crippen molar-refractivity contribution < 1.29 is 19.1 Å². The number of carbonyl (C=O) groups excluding carboxylic acids is 2. The lowest BCUT2D eigenvalue weighted by Gasteiger charge is -2.19. The van der Waals surface area contributed by atoms with E-state index in [1.807, 2.05) is 32.9 Å². The van der Waals surface area contributed by atoms with Crippen LogP contribution in [0.5, 0.6) is 5.75 Å². The van der Waals surface area contributed by atoms with E-state index in [9.17, 15) is 9.59 Å². The minimum absolute atomic E-state index is 0.127. The van der Waals surface area contributed by atoms with Crippen molar-refractivity contribution in [3.63, 3.8) is 0 Å². The number of benzene rings is 1. The number of nitrogens with zero attached hydrogens (tertiary/aromatic N) is 1. The number of aryl methyl sites for hydroxylation is 1. The maximum absolute atomic E-state index is 12.3. The standard InChI is InChI=1S/C21H34N2O4/c1-7-23(8-2)13-9-12-22-18(24)14-27-20-16(5)10-11-17(15(3)4)19(20)21(25)26-6/h10-11,15H,7-9,12-14H2,1-6H3,(H,22,24). The molecule has 1 aromatic carbocycles. The number of carbonyl (C=O) groups is 2. The molecule has 1 N–H and O–H groups in total. The molecule has 0 heterocycles. The predicted octanol–water partition coefficient (Wildman–Crippen LogP) is 3.13. The summed E-state index contributed by atoms with van der Waals surface area (Å²) in [5, 5.41) is 2.87. The van der Waals surface area contributed by atoms with E-state index in [-0.39, 0.29) is 18.4 Å². The summed E-state index contributed by atoms with van der Waals surface area (Å²) in [6.07, 6.45) is 0.892. The fourth-order valence-corrected chi connectivity index (χ4v) is 2.94. The molecule has 0 saturated carbocycles. The molecule has 0 spiro atoms. The summed E-state index contributed by atoms with van der Waals surface area (Å²) in [5.41, 5.74) is 2.05. The Morgan fingerprint density at radius 3 is 2.41 bits per heavy atom. The van der Waals surface area contributed by atoms with Gasteiger partial charge in [-0.1, -0.05) is 39.8 Å². The molecule has 0 bridgehead atoms. The van der Waals surface area contributed by atoms with Gasteiger partial charge in [-0.25, -0.2) is 4.79 Å². The maximum Gasteiger partial charge on any atom is 0.341 e. The van der Waals surface area contributed by atoms with E-state index < -0.39 is 5.97 Å². The molecule has 0 saturated heterocycles. The summed E-state index contributed by atoms with van der Waals surface area (Å²) in [7, 11) is 1.35. The van der Waals surface area contributed by atoms with Crippen LogP contribution in [0.15, 0.2) is 12.1 Å². The number of esters is 1. The van der Waals surface area contributed by atoms with Crippen LogP contribution in [0.3, 0.4) is 0 Å². The first-order valence-corrected chi connectivity index (χ1v) is 9.69. The number of hydrogen-bond donors (Lipinski definition) is 1. The second-order valence-corrected chi connectivity index (χ2v) is 6.84. The van der Waals surface area contributed by atoms with Crippen LogP contribution in [-0.2, 0) is 9.53 Å². The molecule has 0 atom stereocenters. The van der Waals surface area contributed by atoms with Gasteiger partial charge < -0.3 is 19.7 Å². The van der Waals surface area contributed by atoms with Crippen LogP contribution in [0.2, 0.25) is 0 Å². The molecule has 152 valence electrons. The van der Waals surface area contributed by atoms with Crippen LogP contribution in [0.4, 0.5) is 0 Å². The zero-order valence-corrected chi connectivity index (χ0v) is 17.6. The lowest BCUT2D eigenvalue weighted by Crippen LogP contribution is -2.32. The summed E-state index contributed by atoms with van der Waals surface area (Å²) in [6, 6.07) is 3.81. The minimum atomic E-state index is -0.447. The molecular weight excluding hydrogens is 344 g/mol. The Hall–Kier alpha value is -2.08. The minimum Gasteiger partial charge on any atom is -0.483 e. The largest absolute Gasteiger partial charge is 0.483 e. The van der Waals surface area contributed by atoms with Crippen LogP contribution < -0.4 is 10.1 Å². The summed E-state index contributed by atoms with van der Waals surface area (Å²) in [6.45, 7) is 13.6. The topological polar surface area (TPSA) is 67.9 Å². The fourth-order valence-electron chi connectivity index (χ4n) is 2.94. The van der Waals surface area contributed by atoms with Crippen LogP contribution >= 0.6 is 0 Å². The van der Waals surface area contributed by atoms with Crippen molar-refractivity contribution in [1.29, 1.82) is 0 Å². The van der Waals surface area contributed by atoms with E-state index >= 15 is 0 Å². The highest BCUT2D eigenvalue weighted by Crippen LogP contribution is 2.32. The fraction of sp³-hybridized carbons (Fsp3) is 0.619. The normalized spacial score (nSPS) is 11.0. The van der Waals surface area contributed by atoms with Crippen molar-refractivity contribution in [2.75, 3.05) is 39.9 Å². The second-order valence-electron chi connectivity index (χ2n) is 6.84. The van der Waals surface area contributed by atoms with Crippen molar-refractivity contribution >= 4 is 11.9 Å². The first-order valence-electron chi connectivity index (χ1n) is 9.69. The summed E-state index contributed by atoms with van der Waals surface area (Å²) in [5.74, 6) is -0.0842. The molecule has 0 radical (unpaired) electrons. The zero-order chi connectivity index (χ0) is 20.4. The molecule has 6 heteroatoms. The quantitative estimate of drug-likeness (QED) is 0.473. The summed E-state index contributed by atoms with van der Waals surface area (Å²) < 4.78 is 10.7. The molecular formula is C21H34N2O4. The van der Waals surface area contributed by atoms with Gasteiger partial charge in [-0.15, -0.1) is 0 Å². The lowest BCUT2D eigenvalue weighted by molar-refractivity contribution is -0.123. The lowest BCUT2D eigenvalue weighted by atomic mass is 9.94. The Labute approximate surface area is 163 Å². The summed E-state index contributed by atoms with van der Waals surface area (Å²) >= 11 is 0. The number of amides is 1.